The van der Waals surface area contributed by atoms with Gasteiger partial charge in [0.1, 0.15) is 0 Å². The number of anilines is 1. The summed E-state index contributed by atoms with van der Waals surface area (Å²) >= 11 is 5.07. The highest BCUT2D eigenvalue weighted by atomic mass is 32.1. The number of benzene rings is 1. The van der Waals surface area contributed by atoms with Crippen molar-refractivity contribution in [2.45, 2.75) is 13.3 Å². The van der Waals surface area contributed by atoms with E-state index in [1.54, 1.807) is 18.2 Å². The second-order valence-corrected chi connectivity index (χ2v) is 3.68. The molecule has 0 unspecified atom stereocenters. The molecule has 0 bridgehead atoms. The predicted molar refractivity (Wildman–Crippen MR) is 69.2 cm³/mol. The van der Waals surface area contributed by atoms with E-state index in [-0.39, 0.29) is 5.75 Å². The zero-order chi connectivity index (χ0) is 12.0. The molecule has 0 saturated carbocycles. The van der Waals surface area contributed by atoms with E-state index in [1.165, 1.54) is 7.11 Å². The summed E-state index contributed by atoms with van der Waals surface area (Å²) in [7, 11) is 1.51. The largest absolute Gasteiger partial charge is 0.504 e. The number of aromatic hydroxyl groups is 1. The number of phenolic OH excluding ortho intramolecular Hbond substituents is 1. The lowest BCUT2D eigenvalue weighted by Crippen LogP contribution is -2.28. The number of hydrogen-bond acceptors (Lipinski definition) is 3. The van der Waals surface area contributed by atoms with E-state index in [2.05, 4.69) is 17.6 Å². The Hall–Kier alpha value is -1.49. The lowest BCUT2D eigenvalue weighted by Gasteiger charge is -2.11. The van der Waals surface area contributed by atoms with Crippen molar-refractivity contribution in [2.75, 3.05) is 19.0 Å². The van der Waals surface area contributed by atoms with Crippen molar-refractivity contribution in [2.24, 2.45) is 0 Å². The van der Waals surface area contributed by atoms with Gasteiger partial charge in [-0.1, -0.05) is 6.92 Å². The van der Waals surface area contributed by atoms with E-state index in [0.717, 1.165) is 18.7 Å². The molecule has 88 valence electrons. The van der Waals surface area contributed by atoms with Crippen molar-refractivity contribution in [3.05, 3.63) is 18.2 Å². The minimum Gasteiger partial charge on any atom is -0.504 e. The topological polar surface area (TPSA) is 53.5 Å². The van der Waals surface area contributed by atoms with Gasteiger partial charge in [-0.05, 0) is 30.8 Å². The fraction of sp³-hybridized carbons (Fsp3) is 0.364. The van der Waals surface area contributed by atoms with Crippen molar-refractivity contribution < 1.29 is 9.84 Å². The Morgan fingerprint density at radius 3 is 2.81 bits per heavy atom. The molecule has 1 aromatic rings. The lowest BCUT2D eigenvalue weighted by molar-refractivity contribution is 0.373. The fourth-order valence-corrected chi connectivity index (χ4v) is 1.40. The van der Waals surface area contributed by atoms with Crippen LogP contribution < -0.4 is 15.4 Å². The first-order chi connectivity index (χ1) is 7.67. The quantitative estimate of drug-likeness (QED) is 0.704. The summed E-state index contributed by atoms with van der Waals surface area (Å²) in [6.45, 7) is 2.89. The van der Waals surface area contributed by atoms with Crippen LogP contribution in [0.5, 0.6) is 11.5 Å². The second-order valence-electron chi connectivity index (χ2n) is 3.27. The number of nitrogens with one attached hydrogen (secondary N) is 2. The average Bonchev–Trinajstić information content (AvgIpc) is 2.26. The summed E-state index contributed by atoms with van der Waals surface area (Å²) < 4.78 is 4.94. The molecule has 0 fully saturated rings. The highest BCUT2D eigenvalue weighted by molar-refractivity contribution is 7.80. The molecule has 0 aliphatic rings. The summed E-state index contributed by atoms with van der Waals surface area (Å²) in [5.41, 5.74) is 0.729. The van der Waals surface area contributed by atoms with Gasteiger partial charge in [-0.15, -0.1) is 0 Å². The number of ether oxygens (including phenoxy) is 1. The fourth-order valence-electron chi connectivity index (χ4n) is 1.18. The monoisotopic (exact) mass is 240 g/mol. The summed E-state index contributed by atoms with van der Waals surface area (Å²) in [6.07, 6.45) is 1.01. The van der Waals surface area contributed by atoms with Gasteiger partial charge in [0.25, 0.3) is 0 Å². The SMILES string of the molecule is CCCNC(=S)Nc1ccc(OC)c(O)c1. The van der Waals surface area contributed by atoms with Crippen LogP contribution in [0, 0.1) is 0 Å². The Morgan fingerprint density at radius 1 is 1.50 bits per heavy atom. The highest BCUT2D eigenvalue weighted by Crippen LogP contribution is 2.28. The molecule has 1 aromatic carbocycles. The number of rotatable bonds is 4. The maximum Gasteiger partial charge on any atom is 0.170 e. The van der Waals surface area contributed by atoms with E-state index in [4.69, 9.17) is 17.0 Å². The molecule has 0 heterocycles. The Balaban J connectivity index is 2.61. The zero-order valence-electron chi connectivity index (χ0n) is 9.41. The molecule has 0 saturated heterocycles. The minimum absolute atomic E-state index is 0.0887. The number of thiocarbonyl (C=S) groups is 1. The van der Waals surface area contributed by atoms with Gasteiger partial charge in [-0.2, -0.15) is 0 Å². The number of phenols is 1. The average molecular weight is 240 g/mol. The molecule has 0 aliphatic carbocycles. The molecule has 4 nitrogen and oxygen atoms in total. The predicted octanol–water partition coefficient (Wildman–Crippen LogP) is 2.10. The standard InChI is InChI=1S/C11H16N2O2S/c1-3-6-12-11(16)13-8-4-5-10(15-2)9(14)7-8/h4-5,7,14H,3,6H2,1-2H3,(H2,12,13,16). The van der Waals surface area contributed by atoms with Gasteiger partial charge in [-0.3, -0.25) is 0 Å². The Morgan fingerprint density at radius 2 is 2.25 bits per heavy atom. The molecule has 1 rings (SSSR count). The molecule has 0 amide bonds. The number of hydrogen-bond donors (Lipinski definition) is 3. The highest BCUT2D eigenvalue weighted by Gasteiger charge is 2.03. The third-order valence-corrected chi connectivity index (χ3v) is 2.22. The van der Waals surface area contributed by atoms with Gasteiger partial charge in [0.15, 0.2) is 16.6 Å². The van der Waals surface area contributed by atoms with Crippen LogP contribution in [-0.2, 0) is 0 Å². The smallest absolute Gasteiger partial charge is 0.170 e. The van der Waals surface area contributed by atoms with Crippen LogP contribution in [0.2, 0.25) is 0 Å². The molecule has 0 aromatic heterocycles. The van der Waals surface area contributed by atoms with Crippen LogP contribution in [0.3, 0.4) is 0 Å². The first-order valence-electron chi connectivity index (χ1n) is 5.09. The maximum absolute atomic E-state index is 9.55. The second kappa shape index (κ2) is 6.17. The Bertz CT molecular complexity index is 369. The first kappa shape index (κ1) is 12.6. The third-order valence-electron chi connectivity index (χ3n) is 1.97. The first-order valence-corrected chi connectivity index (χ1v) is 5.50. The molecular formula is C11H16N2O2S. The summed E-state index contributed by atoms with van der Waals surface area (Å²) in [5.74, 6) is 0.531. The summed E-state index contributed by atoms with van der Waals surface area (Å²) in [5, 5.41) is 16.1. The van der Waals surface area contributed by atoms with Gasteiger partial charge in [0.2, 0.25) is 0 Å². The molecule has 16 heavy (non-hydrogen) atoms. The van der Waals surface area contributed by atoms with E-state index < -0.39 is 0 Å². The minimum atomic E-state index is 0.0887. The van der Waals surface area contributed by atoms with Gasteiger partial charge in [0, 0.05) is 18.3 Å². The zero-order valence-corrected chi connectivity index (χ0v) is 10.2. The summed E-state index contributed by atoms with van der Waals surface area (Å²) in [6, 6.07) is 5.04. The van der Waals surface area contributed by atoms with Crippen LogP contribution in [0.1, 0.15) is 13.3 Å². The Kier molecular flexibility index (Phi) is 4.85. The molecule has 0 aliphatic heterocycles. The van der Waals surface area contributed by atoms with Crippen LogP contribution in [0.25, 0.3) is 0 Å². The van der Waals surface area contributed by atoms with Gasteiger partial charge < -0.3 is 20.5 Å². The summed E-state index contributed by atoms with van der Waals surface area (Å²) in [4.78, 5) is 0. The molecule has 0 spiro atoms. The van der Waals surface area contributed by atoms with Crippen LogP contribution in [-0.4, -0.2) is 23.9 Å². The van der Waals surface area contributed by atoms with E-state index >= 15 is 0 Å². The molecule has 5 heteroatoms. The van der Waals surface area contributed by atoms with Crippen LogP contribution in [0.15, 0.2) is 18.2 Å². The molecular weight excluding hydrogens is 224 g/mol. The Labute approximate surface area is 101 Å². The van der Waals surface area contributed by atoms with E-state index in [9.17, 15) is 5.11 Å². The number of methoxy groups -OCH3 is 1. The van der Waals surface area contributed by atoms with Gasteiger partial charge in [0.05, 0.1) is 7.11 Å². The van der Waals surface area contributed by atoms with E-state index in [0.29, 0.717) is 10.9 Å². The van der Waals surface area contributed by atoms with Crippen molar-refractivity contribution in [1.29, 1.82) is 0 Å². The molecule has 0 atom stereocenters. The van der Waals surface area contributed by atoms with Crippen molar-refractivity contribution in [3.8, 4) is 11.5 Å². The van der Waals surface area contributed by atoms with Gasteiger partial charge in [-0.25, -0.2) is 0 Å². The third kappa shape index (κ3) is 3.58. The van der Waals surface area contributed by atoms with Crippen LogP contribution >= 0.6 is 12.2 Å². The maximum atomic E-state index is 9.55. The lowest BCUT2D eigenvalue weighted by atomic mass is 10.3. The van der Waals surface area contributed by atoms with Crippen molar-refractivity contribution >= 4 is 23.0 Å². The van der Waals surface area contributed by atoms with E-state index in [1.807, 2.05) is 0 Å². The van der Waals surface area contributed by atoms with Crippen molar-refractivity contribution in [1.82, 2.24) is 5.32 Å². The molecule has 3 N–H and O–H groups in total. The normalized spacial score (nSPS) is 9.62. The van der Waals surface area contributed by atoms with Crippen LogP contribution in [0.4, 0.5) is 5.69 Å². The van der Waals surface area contributed by atoms with Crippen molar-refractivity contribution in [3.63, 3.8) is 0 Å². The van der Waals surface area contributed by atoms with Gasteiger partial charge >= 0.3 is 0 Å². The molecule has 0 radical (unpaired) electrons.